The molecule has 0 aromatic rings. The van der Waals surface area contributed by atoms with Crippen molar-refractivity contribution < 1.29 is 4.79 Å². The van der Waals surface area contributed by atoms with E-state index in [1.54, 1.807) is 0 Å². The third-order valence-electron chi connectivity index (χ3n) is 5.96. The van der Waals surface area contributed by atoms with Gasteiger partial charge in [-0.25, -0.2) is 5.43 Å². The first-order chi connectivity index (χ1) is 11.6. The van der Waals surface area contributed by atoms with Crippen LogP contribution in [0.4, 0.5) is 0 Å². The summed E-state index contributed by atoms with van der Waals surface area (Å²) in [5.74, 6) is 0.659. The second-order valence-electron chi connectivity index (χ2n) is 7.56. The number of alkyl halides is 1. The lowest BCUT2D eigenvalue weighted by molar-refractivity contribution is -0.125. The van der Waals surface area contributed by atoms with E-state index in [1.165, 1.54) is 32.4 Å². The molecule has 24 heavy (non-hydrogen) atoms. The number of piperidine rings is 1. The van der Waals surface area contributed by atoms with Crippen LogP contribution in [0.1, 0.15) is 33.1 Å². The Morgan fingerprint density at radius 2 is 2.17 bits per heavy atom. The second-order valence-corrected chi connectivity index (χ2v) is 8.03. The summed E-state index contributed by atoms with van der Waals surface area (Å²) in [6, 6.07) is 1.18. The van der Waals surface area contributed by atoms with E-state index in [9.17, 15) is 4.79 Å². The molecule has 3 saturated heterocycles. The number of carbonyl (C=O) groups is 1. The van der Waals surface area contributed by atoms with Gasteiger partial charge in [0.15, 0.2) is 0 Å². The van der Waals surface area contributed by atoms with E-state index >= 15 is 0 Å². The third-order valence-corrected chi connectivity index (χ3v) is 6.45. The van der Waals surface area contributed by atoms with Gasteiger partial charge in [-0.1, -0.05) is 6.92 Å². The number of hydrogen-bond acceptors (Lipinski definition) is 5. The smallest absolute Gasteiger partial charge is 0.253 e. The monoisotopic (exact) mass is 357 g/mol. The van der Waals surface area contributed by atoms with Gasteiger partial charge in [-0.05, 0) is 38.6 Å². The minimum Gasteiger partial charge on any atom is -0.314 e. The molecule has 6 nitrogen and oxygen atoms in total. The molecule has 3 fully saturated rings. The topological polar surface area (TPSA) is 59.6 Å². The Bertz CT molecular complexity index is 437. The Morgan fingerprint density at radius 3 is 2.92 bits per heavy atom. The van der Waals surface area contributed by atoms with Gasteiger partial charge < -0.3 is 10.2 Å². The molecule has 5 atom stereocenters. The van der Waals surface area contributed by atoms with E-state index in [-0.39, 0.29) is 11.9 Å². The average Bonchev–Trinajstić information content (AvgIpc) is 2.58. The molecule has 3 aliphatic heterocycles. The number of amides is 1. The first-order valence-electron chi connectivity index (χ1n) is 9.48. The summed E-state index contributed by atoms with van der Waals surface area (Å²) in [4.78, 5) is 16.8. The van der Waals surface area contributed by atoms with Crippen LogP contribution >= 0.6 is 11.6 Å². The molecular weight excluding hydrogens is 326 g/mol. The summed E-state index contributed by atoms with van der Waals surface area (Å²) >= 11 is 6.35. The Morgan fingerprint density at radius 1 is 1.33 bits per heavy atom. The van der Waals surface area contributed by atoms with Crippen molar-refractivity contribution >= 4 is 17.5 Å². The third kappa shape index (κ3) is 4.05. The van der Waals surface area contributed by atoms with Crippen molar-refractivity contribution in [1.29, 1.82) is 0 Å². The summed E-state index contributed by atoms with van der Waals surface area (Å²) in [5, 5.41) is 3.22. The van der Waals surface area contributed by atoms with Gasteiger partial charge in [0.2, 0.25) is 0 Å². The van der Waals surface area contributed by atoms with Crippen LogP contribution in [0, 0.1) is 5.92 Å². The molecule has 0 aliphatic carbocycles. The Kier molecular flexibility index (Phi) is 6.38. The number of halogens is 1. The van der Waals surface area contributed by atoms with Crippen molar-refractivity contribution in [1.82, 2.24) is 26.0 Å². The van der Waals surface area contributed by atoms with Crippen molar-refractivity contribution in [2.45, 2.75) is 56.6 Å². The van der Waals surface area contributed by atoms with Crippen LogP contribution in [0.15, 0.2) is 0 Å². The molecule has 0 aromatic carbocycles. The molecule has 4 unspecified atom stereocenters. The number of nitrogens with one attached hydrogen (secondary N) is 3. The lowest BCUT2D eigenvalue weighted by Gasteiger charge is -2.47. The van der Waals surface area contributed by atoms with Gasteiger partial charge in [0.1, 0.15) is 5.38 Å². The summed E-state index contributed by atoms with van der Waals surface area (Å²) in [5.41, 5.74) is 5.60. The van der Waals surface area contributed by atoms with Crippen molar-refractivity contribution in [3.63, 3.8) is 0 Å². The molecule has 3 N–H and O–H groups in total. The van der Waals surface area contributed by atoms with Gasteiger partial charge in [0.05, 0.1) is 0 Å². The molecule has 0 spiro atoms. The van der Waals surface area contributed by atoms with Crippen LogP contribution in [-0.4, -0.2) is 78.5 Å². The summed E-state index contributed by atoms with van der Waals surface area (Å²) in [6.07, 6.45) is 3.86. The number of carbonyl (C=O) groups excluding carboxylic acids is 1. The SMILES string of the molecule is CCC1NCCCC1CN1CCN(C2CNNC(=O)C2Cl)[C@H](C)C1. The maximum atomic E-state index is 11.8. The molecule has 0 bridgehead atoms. The molecular formula is C17H32ClN5O. The van der Waals surface area contributed by atoms with Gasteiger partial charge in [-0.2, -0.15) is 0 Å². The van der Waals surface area contributed by atoms with Crippen molar-refractivity contribution in [3.05, 3.63) is 0 Å². The minimum atomic E-state index is -0.465. The fourth-order valence-corrected chi connectivity index (χ4v) is 4.92. The van der Waals surface area contributed by atoms with Crippen LogP contribution in [-0.2, 0) is 4.79 Å². The maximum Gasteiger partial charge on any atom is 0.253 e. The second kappa shape index (κ2) is 8.32. The molecule has 3 aliphatic rings. The molecule has 0 radical (unpaired) electrons. The van der Waals surface area contributed by atoms with Gasteiger partial charge in [-0.3, -0.25) is 15.1 Å². The van der Waals surface area contributed by atoms with Crippen molar-refractivity contribution in [2.24, 2.45) is 5.92 Å². The Balaban J connectivity index is 1.54. The van der Waals surface area contributed by atoms with Crippen molar-refractivity contribution in [3.8, 4) is 0 Å². The van der Waals surface area contributed by atoms with Crippen LogP contribution in [0.25, 0.3) is 0 Å². The van der Waals surface area contributed by atoms with Crippen LogP contribution in [0.3, 0.4) is 0 Å². The zero-order valence-electron chi connectivity index (χ0n) is 14.9. The van der Waals surface area contributed by atoms with E-state index in [0.29, 0.717) is 18.6 Å². The highest BCUT2D eigenvalue weighted by Crippen LogP contribution is 2.24. The van der Waals surface area contributed by atoms with E-state index in [0.717, 1.165) is 25.6 Å². The van der Waals surface area contributed by atoms with Gasteiger partial charge >= 0.3 is 0 Å². The maximum absolute atomic E-state index is 11.8. The minimum absolute atomic E-state index is 0.0808. The molecule has 1 amide bonds. The predicted octanol–water partition coefficient (Wildman–Crippen LogP) is 0.381. The van der Waals surface area contributed by atoms with Crippen LogP contribution < -0.4 is 16.2 Å². The van der Waals surface area contributed by atoms with Gasteiger partial charge in [-0.15, -0.1) is 11.6 Å². The van der Waals surface area contributed by atoms with Gasteiger partial charge in [0.25, 0.3) is 5.91 Å². The summed E-state index contributed by atoms with van der Waals surface area (Å²) in [6.45, 7) is 10.8. The van der Waals surface area contributed by atoms with Crippen LogP contribution in [0.5, 0.6) is 0 Å². The standard InChI is InChI=1S/C17H32ClN5O/c1-3-14-13(5-4-6-19-14)11-22-7-8-23(12(2)10-22)15-9-20-21-17(24)16(15)18/h12-16,19-20H,3-11H2,1-2H3,(H,21,24)/t12-,13?,14?,15?,16?/m1/s1. The normalized spacial score (nSPS) is 39.6. The number of rotatable bonds is 4. The predicted molar refractivity (Wildman–Crippen MR) is 97.0 cm³/mol. The number of hydrogen-bond donors (Lipinski definition) is 3. The first kappa shape index (κ1) is 18.4. The van der Waals surface area contributed by atoms with E-state index < -0.39 is 5.38 Å². The largest absolute Gasteiger partial charge is 0.314 e. The molecule has 0 saturated carbocycles. The molecule has 138 valence electrons. The number of hydrazine groups is 1. The number of nitrogens with zero attached hydrogens (tertiary/aromatic N) is 2. The summed E-state index contributed by atoms with van der Waals surface area (Å²) < 4.78 is 0. The molecule has 7 heteroatoms. The summed E-state index contributed by atoms with van der Waals surface area (Å²) in [7, 11) is 0. The zero-order valence-corrected chi connectivity index (χ0v) is 15.7. The fraction of sp³-hybridized carbons (Fsp3) is 0.941. The fourth-order valence-electron chi connectivity index (χ4n) is 4.63. The molecule has 0 aromatic heterocycles. The van der Waals surface area contributed by atoms with E-state index in [2.05, 4.69) is 39.8 Å². The molecule has 3 heterocycles. The van der Waals surface area contributed by atoms with Crippen LogP contribution in [0.2, 0.25) is 0 Å². The Hall–Kier alpha value is -0.400. The average molecular weight is 358 g/mol. The zero-order chi connectivity index (χ0) is 17.1. The quantitative estimate of drug-likeness (QED) is 0.635. The van der Waals surface area contributed by atoms with Crippen molar-refractivity contribution in [2.75, 3.05) is 39.3 Å². The van der Waals surface area contributed by atoms with E-state index in [1.807, 2.05) is 0 Å². The first-order valence-corrected chi connectivity index (χ1v) is 9.92. The highest BCUT2D eigenvalue weighted by Gasteiger charge is 2.39. The van der Waals surface area contributed by atoms with E-state index in [4.69, 9.17) is 11.6 Å². The lowest BCUT2D eigenvalue weighted by atomic mass is 9.88. The van der Waals surface area contributed by atoms with Gasteiger partial charge in [0, 0.05) is 50.8 Å². The number of piperazine rings is 1. The lowest BCUT2D eigenvalue weighted by Crippen LogP contribution is -2.66. The molecule has 3 rings (SSSR count). The highest BCUT2D eigenvalue weighted by molar-refractivity contribution is 6.31. The highest BCUT2D eigenvalue weighted by atomic mass is 35.5. The Labute approximate surface area is 150 Å².